The molecule has 0 saturated carbocycles. The smallest absolute Gasteiger partial charge is 0.306 e. The number of carbonyl (C=O) groups excluding carboxylic acids is 1. The number of hydrogen-bond donors (Lipinski definition) is 1. The molecule has 1 amide bonds. The third-order valence-corrected chi connectivity index (χ3v) is 1.99. The van der Waals surface area contributed by atoms with Gasteiger partial charge in [0, 0.05) is 18.8 Å². The largest absolute Gasteiger partial charge is 0.349 e. The minimum Gasteiger partial charge on any atom is -0.306 e. The standard InChI is InChI=1S/C12H13N3O2/c1-4-6-9(5-2)11(16)13-10-7-8-15(3)12(17)14-10/h4-8H,1-2H2,3H3,(H,13,14,16,17)/b9-6+. The fourth-order valence-corrected chi connectivity index (χ4v) is 1.09. The van der Waals surface area contributed by atoms with Gasteiger partial charge in [-0.15, -0.1) is 0 Å². The van der Waals surface area contributed by atoms with E-state index >= 15 is 0 Å². The lowest BCUT2D eigenvalue weighted by atomic mass is 10.2. The summed E-state index contributed by atoms with van der Waals surface area (Å²) in [6, 6.07) is 1.54. The van der Waals surface area contributed by atoms with E-state index in [0.717, 1.165) is 0 Å². The van der Waals surface area contributed by atoms with Gasteiger partial charge in [-0.1, -0.05) is 31.4 Å². The Bertz CT molecular complexity index is 541. The number of allylic oxidation sites excluding steroid dienone is 2. The predicted molar refractivity (Wildman–Crippen MR) is 66.6 cm³/mol. The van der Waals surface area contributed by atoms with Crippen molar-refractivity contribution >= 4 is 11.7 Å². The van der Waals surface area contributed by atoms with Gasteiger partial charge in [0.1, 0.15) is 5.82 Å². The van der Waals surface area contributed by atoms with Gasteiger partial charge in [0.05, 0.1) is 0 Å². The molecule has 1 aromatic heterocycles. The van der Waals surface area contributed by atoms with Gasteiger partial charge in [0.15, 0.2) is 0 Å². The highest BCUT2D eigenvalue weighted by Crippen LogP contribution is 2.03. The SMILES string of the molecule is C=C/C=C(\C=C)C(=O)Nc1ccn(C)c(=O)n1. The molecule has 1 N–H and O–H groups in total. The van der Waals surface area contributed by atoms with Crippen LogP contribution in [0.15, 0.2) is 54.0 Å². The van der Waals surface area contributed by atoms with E-state index in [0.29, 0.717) is 5.57 Å². The fraction of sp³-hybridized carbons (Fsp3) is 0.0833. The summed E-state index contributed by atoms with van der Waals surface area (Å²) in [6.45, 7) is 7.00. The molecule has 17 heavy (non-hydrogen) atoms. The van der Waals surface area contributed by atoms with Crippen molar-refractivity contribution in [2.24, 2.45) is 7.05 Å². The summed E-state index contributed by atoms with van der Waals surface area (Å²) < 4.78 is 1.31. The Balaban J connectivity index is 2.91. The van der Waals surface area contributed by atoms with Gasteiger partial charge in [-0.2, -0.15) is 4.98 Å². The Hall–Kier alpha value is -2.43. The maximum Gasteiger partial charge on any atom is 0.349 e. The summed E-state index contributed by atoms with van der Waals surface area (Å²) in [6.07, 6.45) is 5.92. The number of aromatic nitrogens is 2. The lowest BCUT2D eigenvalue weighted by Gasteiger charge is -2.04. The molecule has 0 radical (unpaired) electrons. The second-order valence-electron chi connectivity index (χ2n) is 3.22. The maximum atomic E-state index is 11.7. The van der Waals surface area contributed by atoms with Crippen molar-refractivity contribution in [1.82, 2.24) is 9.55 Å². The number of rotatable bonds is 4. The number of amides is 1. The lowest BCUT2D eigenvalue weighted by molar-refractivity contribution is -0.112. The van der Waals surface area contributed by atoms with E-state index in [2.05, 4.69) is 23.5 Å². The number of hydrogen-bond acceptors (Lipinski definition) is 3. The summed E-state index contributed by atoms with van der Waals surface area (Å²) in [5, 5.41) is 2.50. The van der Waals surface area contributed by atoms with E-state index in [-0.39, 0.29) is 11.7 Å². The molecule has 5 heteroatoms. The lowest BCUT2D eigenvalue weighted by Crippen LogP contribution is -2.22. The van der Waals surface area contributed by atoms with E-state index in [1.54, 1.807) is 7.05 Å². The van der Waals surface area contributed by atoms with E-state index < -0.39 is 5.69 Å². The van der Waals surface area contributed by atoms with Gasteiger partial charge in [0.25, 0.3) is 5.91 Å². The van der Waals surface area contributed by atoms with E-state index in [4.69, 9.17) is 0 Å². The summed E-state index contributed by atoms with van der Waals surface area (Å²) in [4.78, 5) is 26.6. The summed E-state index contributed by atoms with van der Waals surface area (Å²) >= 11 is 0. The van der Waals surface area contributed by atoms with Crippen LogP contribution in [-0.2, 0) is 11.8 Å². The first kappa shape index (κ1) is 12.6. The van der Waals surface area contributed by atoms with Crippen LogP contribution in [0.3, 0.4) is 0 Å². The molecule has 0 aliphatic carbocycles. The number of nitrogens with zero attached hydrogens (tertiary/aromatic N) is 2. The average Bonchev–Trinajstić information content (AvgIpc) is 2.30. The summed E-state index contributed by atoms with van der Waals surface area (Å²) in [7, 11) is 1.58. The van der Waals surface area contributed by atoms with Gasteiger partial charge in [-0.3, -0.25) is 4.79 Å². The van der Waals surface area contributed by atoms with Crippen LogP contribution in [0.25, 0.3) is 0 Å². The van der Waals surface area contributed by atoms with Crippen LogP contribution < -0.4 is 11.0 Å². The van der Waals surface area contributed by atoms with Crippen LogP contribution >= 0.6 is 0 Å². The van der Waals surface area contributed by atoms with Crippen molar-refractivity contribution in [2.45, 2.75) is 0 Å². The zero-order valence-electron chi connectivity index (χ0n) is 9.51. The van der Waals surface area contributed by atoms with Crippen molar-refractivity contribution in [3.63, 3.8) is 0 Å². The molecule has 0 fully saturated rings. The second-order valence-corrected chi connectivity index (χ2v) is 3.22. The maximum absolute atomic E-state index is 11.7. The van der Waals surface area contributed by atoms with Crippen LogP contribution in [0.4, 0.5) is 5.82 Å². The quantitative estimate of drug-likeness (QED) is 0.621. The van der Waals surface area contributed by atoms with Crippen molar-refractivity contribution in [3.05, 3.63) is 59.7 Å². The van der Waals surface area contributed by atoms with Crippen molar-refractivity contribution in [1.29, 1.82) is 0 Å². The number of carbonyl (C=O) groups is 1. The minimum atomic E-state index is -0.435. The van der Waals surface area contributed by atoms with Crippen molar-refractivity contribution in [2.75, 3.05) is 5.32 Å². The van der Waals surface area contributed by atoms with Gasteiger partial charge in [-0.25, -0.2) is 4.79 Å². The molecule has 0 aromatic carbocycles. The predicted octanol–water partition coefficient (Wildman–Crippen LogP) is 1.02. The van der Waals surface area contributed by atoms with Crippen LogP contribution in [-0.4, -0.2) is 15.5 Å². The molecule has 1 aromatic rings. The molecule has 0 spiro atoms. The molecule has 1 heterocycles. The molecule has 0 aliphatic rings. The van der Waals surface area contributed by atoms with Crippen LogP contribution in [0.1, 0.15) is 0 Å². The Morgan fingerprint density at radius 3 is 2.76 bits per heavy atom. The van der Waals surface area contributed by atoms with Crippen LogP contribution in [0.2, 0.25) is 0 Å². The Labute approximate surface area is 98.8 Å². The molecular formula is C12H13N3O2. The molecule has 0 unspecified atom stereocenters. The normalized spacial score (nSPS) is 10.8. The van der Waals surface area contributed by atoms with Gasteiger partial charge >= 0.3 is 5.69 Å². The van der Waals surface area contributed by atoms with E-state index in [9.17, 15) is 9.59 Å². The third kappa shape index (κ3) is 3.27. The van der Waals surface area contributed by atoms with E-state index in [1.807, 2.05) is 0 Å². The zero-order valence-corrected chi connectivity index (χ0v) is 9.51. The van der Waals surface area contributed by atoms with Gasteiger partial charge in [0.2, 0.25) is 0 Å². The van der Waals surface area contributed by atoms with Gasteiger partial charge in [-0.05, 0) is 6.07 Å². The topological polar surface area (TPSA) is 64.0 Å². The third-order valence-electron chi connectivity index (χ3n) is 1.99. The number of aryl methyl sites for hydroxylation is 1. The summed E-state index contributed by atoms with van der Waals surface area (Å²) in [5.41, 5.74) is -0.0851. The number of anilines is 1. The number of nitrogens with one attached hydrogen (secondary N) is 1. The first-order valence-electron chi connectivity index (χ1n) is 4.88. The minimum absolute atomic E-state index is 0.204. The van der Waals surface area contributed by atoms with Crippen molar-refractivity contribution in [3.8, 4) is 0 Å². The van der Waals surface area contributed by atoms with E-state index in [1.165, 1.54) is 35.1 Å². The van der Waals surface area contributed by atoms with Crippen molar-refractivity contribution < 1.29 is 4.79 Å². The first-order chi connectivity index (χ1) is 8.08. The molecule has 0 bridgehead atoms. The van der Waals surface area contributed by atoms with Gasteiger partial charge < -0.3 is 9.88 Å². The molecule has 0 atom stereocenters. The molecular weight excluding hydrogens is 218 g/mol. The Morgan fingerprint density at radius 2 is 2.24 bits per heavy atom. The molecule has 5 nitrogen and oxygen atoms in total. The highest BCUT2D eigenvalue weighted by Gasteiger charge is 2.06. The molecule has 0 saturated heterocycles. The molecule has 0 aliphatic heterocycles. The monoisotopic (exact) mass is 231 g/mol. The van der Waals surface area contributed by atoms with Crippen LogP contribution in [0, 0.1) is 0 Å². The highest BCUT2D eigenvalue weighted by molar-refractivity contribution is 6.05. The first-order valence-corrected chi connectivity index (χ1v) is 4.88. The summed E-state index contributed by atoms with van der Waals surface area (Å²) in [5.74, 6) is -0.185. The zero-order chi connectivity index (χ0) is 12.8. The Morgan fingerprint density at radius 1 is 1.53 bits per heavy atom. The fourth-order valence-electron chi connectivity index (χ4n) is 1.09. The second kappa shape index (κ2) is 5.60. The average molecular weight is 231 g/mol. The molecule has 1 rings (SSSR count). The highest BCUT2D eigenvalue weighted by atomic mass is 16.2. The molecule has 88 valence electrons. The Kier molecular flexibility index (Phi) is 4.16. The van der Waals surface area contributed by atoms with Crippen LogP contribution in [0.5, 0.6) is 0 Å².